The Hall–Kier alpha value is -1.57. The summed E-state index contributed by atoms with van der Waals surface area (Å²) < 4.78 is 0. The fraction of sp³-hybridized carbons (Fsp3) is 0.308. The van der Waals surface area contributed by atoms with E-state index in [9.17, 15) is 4.79 Å². The molecule has 1 atom stereocenters. The highest BCUT2D eigenvalue weighted by Gasteiger charge is 2.11. The van der Waals surface area contributed by atoms with Gasteiger partial charge in [-0.3, -0.25) is 4.79 Å². The van der Waals surface area contributed by atoms with Gasteiger partial charge in [-0.25, -0.2) is 0 Å². The number of nitrogens with one attached hydrogen (secondary N) is 1. The molecule has 1 N–H and O–H groups in total. The van der Waals surface area contributed by atoms with Crippen LogP contribution in [-0.2, 0) is 11.2 Å². The van der Waals surface area contributed by atoms with Crippen LogP contribution in [0.1, 0.15) is 12.5 Å². The first-order valence-corrected chi connectivity index (χ1v) is 5.16. The molecule has 1 rings (SSSR count). The SMILES string of the molecule is C=CCNC(=O)[C@@H](C)Cc1ccccc1. The molecule has 0 unspecified atom stereocenters. The number of amides is 1. The summed E-state index contributed by atoms with van der Waals surface area (Å²) >= 11 is 0. The molecule has 0 saturated carbocycles. The van der Waals surface area contributed by atoms with E-state index < -0.39 is 0 Å². The van der Waals surface area contributed by atoms with Crippen molar-refractivity contribution in [2.24, 2.45) is 5.92 Å². The van der Waals surface area contributed by atoms with Crippen LogP contribution in [0.15, 0.2) is 43.0 Å². The summed E-state index contributed by atoms with van der Waals surface area (Å²) in [7, 11) is 0. The summed E-state index contributed by atoms with van der Waals surface area (Å²) in [5.74, 6) is 0.0890. The standard InChI is InChI=1S/C13H17NO/c1-3-9-14-13(15)11(2)10-12-7-5-4-6-8-12/h3-8,11H,1,9-10H2,2H3,(H,14,15)/t11-/m0/s1. The molecule has 15 heavy (non-hydrogen) atoms. The zero-order chi connectivity index (χ0) is 11.1. The maximum atomic E-state index is 11.5. The summed E-state index contributed by atoms with van der Waals surface area (Å²) in [6.07, 6.45) is 2.47. The third kappa shape index (κ3) is 3.98. The van der Waals surface area contributed by atoms with Gasteiger partial charge in [-0.2, -0.15) is 0 Å². The van der Waals surface area contributed by atoms with Gasteiger partial charge < -0.3 is 5.32 Å². The molecule has 0 radical (unpaired) electrons. The molecular weight excluding hydrogens is 186 g/mol. The van der Waals surface area contributed by atoms with Crippen LogP contribution in [0.2, 0.25) is 0 Å². The Labute approximate surface area is 91.0 Å². The number of hydrogen-bond donors (Lipinski definition) is 1. The Morgan fingerprint density at radius 3 is 2.73 bits per heavy atom. The van der Waals surface area contributed by atoms with E-state index in [1.807, 2.05) is 37.3 Å². The fourth-order valence-electron chi connectivity index (χ4n) is 1.41. The van der Waals surface area contributed by atoms with E-state index in [-0.39, 0.29) is 11.8 Å². The summed E-state index contributed by atoms with van der Waals surface area (Å²) in [5.41, 5.74) is 1.19. The monoisotopic (exact) mass is 203 g/mol. The van der Waals surface area contributed by atoms with Crippen molar-refractivity contribution in [1.29, 1.82) is 0 Å². The Kier molecular flexibility index (Phi) is 4.61. The normalized spacial score (nSPS) is 11.8. The molecular formula is C13H17NO. The van der Waals surface area contributed by atoms with Gasteiger partial charge in [0.15, 0.2) is 0 Å². The largest absolute Gasteiger partial charge is 0.352 e. The number of benzene rings is 1. The van der Waals surface area contributed by atoms with Crippen LogP contribution in [-0.4, -0.2) is 12.5 Å². The molecule has 0 heterocycles. The Balaban J connectivity index is 2.45. The highest BCUT2D eigenvalue weighted by molar-refractivity contribution is 5.78. The van der Waals surface area contributed by atoms with E-state index in [0.29, 0.717) is 6.54 Å². The maximum absolute atomic E-state index is 11.5. The van der Waals surface area contributed by atoms with Crippen LogP contribution in [0.3, 0.4) is 0 Å². The predicted molar refractivity (Wildman–Crippen MR) is 62.5 cm³/mol. The second-order valence-corrected chi connectivity index (χ2v) is 3.62. The first kappa shape index (κ1) is 11.5. The molecule has 2 heteroatoms. The zero-order valence-electron chi connectivity index (χ0n) is 9.07. The number of carbonyl (C=O) groups excluding carboxylic acids is 1. The highest BCUT2D eigenvalue weighted by Crippen LogP contribution is 2.07. The molecule has 0 bridgehead atoms. The zero-order valence-corrected chi connectivity index (χ0v) is 9.07. The molecule has 2 nitrogen and oxygen atoms in total. The van der Waals surface area contributed by atoms with E-state index in [1.54, 1.807) is 6.08 Å². The van der Waals surface area contributed by atoms with E-state index >= 15 is 0 Å². The topological polar surface area (TPSA) is 29.1 Å². The molecule has 0 fully saturated rings. The van der Waals surface area contributed by atoms with Gasteiger partial charge in [0, 0.05) is 12.5 Å². The van der Waals surface area contributed by atoms with Crippen molar-refractivity contribution in [3.63, 3.8) is 0 Å². The molecule has 0 aromatic heterocycles. The number of rotatable bonds is 5. The number of hydrogen-bond acceptors (Lipinski definition) is 1. The molecule has 80 valence electrons. The molecule has 1 amide bonds. The minimum Gasteiger partial charge on any atom is -0.352 e. The first-order valence-electron chi connectivity index (χ1n) is 5.16. The maximum Gasteiger partial charge on any atom is 0.223 e. The van der Waals surface area contributed by atoms with Crippen molar-refractivity contribution >= 4 is 5.91 Å². The van der Waals surface area contributed by atoms with E-state index in [0.717, 1.165) is 6.42 Å². The second-order valence-electron chi connectivity index (χ2n) is 3.62. The highest BCUT2D eigenvalue weighted by atomic mass is 16.1. The van der Waals surface area contributed by atoms with Crippen LogP contribution >= 0.6 is 0 Å². The van der Waals surface area contributed by atoms with Crippen molar-refractivity contribution in [3.05, 3.63) is 48.6 Å². The third-order valence-corrected chi connectivity index (χ3v) is 2.25. The molecule has 0 spiro atoms. The van der Waals surface area contributed by atoms with Crippen LogP contribution in [0, 0.1) is 5.92 Å². The third-order valence-electron chi connectivity index (χ3n) is 2.25. The van der Waals surface area contributed by atoms with Gasteiger partial charge in [-0.1, -0.05) is 43.3 Å². The van der Waals surface area contributed by atoms with Gasteiger partial charge in [0.2, 0.25) is 5.91 Å². The van der Waals surface area contributed by atoms with Gasteiger partial charge in [0.05, 0.1) is 0 Å². The lowest BCUT2D eigenvalue weighted by atomic mass is 10.0. The Morgan fingerprint density at radius 1 is 1.47 bits per heavy atom. The molecule has 0 aliphatic heterocycles. The lowest BCUT2D eigenvalue weighted by Crippen LogP contribution is -2.30. The summed E-state index contributed by atoms with van der Waals surface area (Å²) in [6.45, 7) is 6.04. The van der Waals surface area contributed by atoms with Crippen molar-refractivity contribution in [2.75, 3.05) is 6.54 Å². The summed E-state index contributed by atoms with van der Waals surface area (Å²) in [6, 6.07) is 10.0. The van der Waals surface area contributed by atoms with Crippen LogP contribution < -0.4 is 5.32 Å². The smallest absolute Gasteiger partial charge is 0.223 e. The van der Waals surface area contributed by atoms with E-state index in [2.05, 4.69) is 11.9 Å². The van der Waals surface area contributed by atoms with Gasteiger partial charge in [0.1, 0.15) is 0 Å². The molecule has 0 aliphatic rings. The van der Waals surface area contributed by atoms with E-state index in [1.165, 1.54) is 5.56 Å². The minimum absolute atomic E-state index is 0.00681. The van der Waals surface area contributed by atoms with Crippen molar-refractivity contribution in [2.45, 2.75) is 13.3 Å². The van der Waals surface area contributed by atoms with Gasteiger partial charge in [-0.05, 0) is 12.0 Å². The fourth-order valence-corrected chi connectivity index (χ4v) is 1.41. The lowest BCUT2D eigenvalue weighted by Gasteiger charge is -2.10. The van der Waals surface area contributed by atoms with Gasteiger partial charge >= 0.3 is 0 Å². The van der Waals surface area contributed by atoms with E-state index in [4.69, 9.17) is 0 Å². The summed E-state index contributed by atoms with van der Waals surface area (Å²) in [4.78, 5) is 11.5. The Bertz CT molecular complexity index is 319. The van der Waals surface area contributed by atoms with Crippen molar-refractivity contribution < 1.29 is 4.79 Å². The Morgan fingerprint density at radius 2 is 2.13 bits per heavy atom. The average Bonchev–Trinajstić information content (AvgIpc) is 2.27. The van der Waals surface area contributed by atoms with Gasteiger partial charge in [0.25, 0.3) is 0 Å². The van der Waals surface area contributed by atoms with Crippen LogP contribution in [0.4, 0.5) is 0 Å². The lowest BCUT2D eigenvalue weighted by molar-refractivity contribution is -0.124. The average molecular weight is 203 g/mol. The van der Waals surface area contributed by atoms with Crippen molar-refractivity contribution in [1.82, 2.24) is 5.32 Å². The quantitative estimate of drug-likeness (QED) is 0.730. The first-order chi connectivity index (χ1) is 7.24. The minimum atomic E-state index is 0.00681. The van der Waals surface area contributed by atoms with Crippen LogP contribution in [0.25, 0.3) is 0 Å². The van der Waals surface area contributed by atoms with Crippen molar-refractivity contribution in [3.8, 4) is 0 Å². The summed E-state index contributed by atoms with van der Waals surface area (Å²) in [5, 5.41) is 2.80. The van der Waals surface area contributed by atoms with Gasteiger partial charge in [-0.15, -0.1) is 6.58 Å². The second kappa shape index (κ2) is 6.02. The van der Waals surface area contributed by atoms with Crippen LogP contribution in [0.5, 0.6) is 0 Å². The molecule has 0 saturated heterocycles. The molecule has 0 aliphatic carbocycles. The number of carbonyl (C=O) groups is 1. The molecule has 1 aromatic rings. The molecule has 1 aromatic carbocycles. The predicted octanol–water partition coefficient (Wildman–Crippen LogP) is 2.17.